The number of hydrogen-bond donors (Lipinski definition) is 0. The maximum atomic E-state index is 6.09. The minimum Gasteiger partial charge on any atom is -0.475 e. The largest absolute Gasteiger partial charge is 0.475 e. The van der Waals surface area contributed by atoms with Crippen LogP contribution in [0.3, 0.4) is 0 Å². The van der Waals surface area contributed by atoms with Gasteiger partial charge in [-0.1, -0.05) is 37.2 Å². The molecule has 0 fully saturated rings. The maximum Gasteiger partial charge on any atom is 0.228 e. The molecule has 3 heterocycles. The van der Waals surface area contributed by atoms with E-state index in [0.29, 0.717) is 23.6 Å². The van der Waals surface area contributed by atoms with Gasteiger partial charge in [0.05, 0.1) is 11.6 Å². The summed E-state index contributed by atoms with van der Waals surface area (Å²) in [5.74, 6) is 1.82. The van der Waals surface area contributed by atoms with Crippen LogP contribution >= 0.6 is 23.4 Å². The minimum absolute atomic E-state index is 0.228. The molecule has 0 saturated heterocycles. The van der Waals surface area contributed by atoms with Crippen LogP contribution < -0.4 is 9.64 Å². The van der Waals surface area contributed by atoms with Crippen LogP contribution in [0.5, 0.6) is 5.88 Å². The molecule has 2 aromatic heterocycles. The van der Waals surface area contributed by atoms with Crippen molar-refractivity contribution in [1.82, 2.24) is 15.0 Å². The predicted molar refractivity (Wildman–Crippen MR) is 86.6 cm³/mol. The fourth-order valence-corrected chi connectivity index (χ4v) is 3.12. The Kier molecular flexibility index (Phi) is 3.84. The lowest BCUT2D eigenvalue weighted by molar-refractivity contribution is 0.254. The molecule has 3 rings (SSSR count). The second-order valence-corrected chi connectivity index (χ2v) is 6.57. The van der Waals surface area contributed by atoms with Gasteiger partial charge < -0.3 is 9.64 Å². The van der Waals surface area contributed by atoms with Crippen molar-refractivity contribution >= 4 is 40.1 Å². The molecule has 1 atom stereocenters. The monoisotopic (exact) mass is 324 g/mol. The van der Waals surface area contributed by atoms with Crippen molar-refractivity contribution in [3.05, 3.63) is 11.2 Å². The van der Waals surface area contributed by atoms with E-state index in [0.717, 1.165) is 21.9 Å². The molecule has 0 N–H and O–H groups in total. The fourth-order valence-electron chi connectivity index (χ4n) is 2.58. The number of thioether (sulfide) groups is 1. The van der Waals surface area contributed by atoms with Gasteiger partial charge in [0.25, 0.3) is 0 Å². The third-order valence-corrected chi connectivity index (χ3v) is 4.49. The average molecular weight is 325 g/mol. The Morgan fingerprint density at radius 1 is 1.38 bits per heavy atom. The van der Waals surface area contributed by atoms with Crippen LogP contribution in [0, 0.1) is 5.92 Å². The van der Waals surface area contributed by atoms with Crippen LogP contribution in [0.25, 0.3) is 10.9 Å². The van der Waals surface area contributed by atoms with Crippen LogP contribution in [-0.4, -0.2) is 40.9 Å². The molecule has 7 heteroatoms. The smallest absolute Gasteiger partial charge is 0.228 e. The molecule has 5 nitrogen and oxygen atoms in total. The van der Waals surface area contributed by atoms with Crippen LogP contribution in [-0.2, 0) is 0 Å². The van der Waals surface area contributed by atoms with Crippen molar-refractivity contribution in [1.29, 1.82) is 0 Å². The van der Waals surface area contributed by atoms with Crippen molar-refractivity contribution < 1.29 is 4.74 Å². The van der Waals surface area contributed by atoms with Gasteiger partial charge >= 0.3 is 0 Å². The Morgan fingerprint density at radius 2 is 2.14 bits per heavy atom. The lowest BCUT2D eigenvalue weighted by Gasteiger charge is -2.30. The van der Waals surface area contributed by atoms with Crippen molar-refractivity contribution in [3.63, 3.8) is 0 Å². The van der Waals surface area contributed by atoms with Crippen LogP contribution in [0.15, 0.2) is 11.2 Å². The van der Waals surface area contributed by atoms with Gasteiger partial charge in [-0.25, -0.2) is 15.0 Å². The van der Waals surface area contributed by atoms with E-state index in [1.54, 1.807) is 6.07 Å². The first-order chi connectivity index (χ1) is 10.0. The molecule has 0 bridgehead atoms. The summed E-state index contributed by atoms with van der Waals surface area (Å²) in [6.45, 7) is 4.91. The van der Waals surface area contributed by atoms with Crippen LogP contribution in [0.1, 0.15) is 13.8 Å². The van der Waals surface area contributed by atoms with Gasteiger partial charge in [-0.2, -0.15) is 0 Å². The zero-order valence-corrected chi connectivity index (χ0v) is 14.0. The molecule has 112 valence electrons. The zero-order valence-electron chi connectivity index (χ0n) is 12.4. The summed E-state index contributed by atoms with van der Waals surface area (Å²) in [5, 5.41) is 1.95. The standard InChI is InChI=1S/C14H17ClN4OS/c1-7(2)9-6-20-13-11-8(5-10(15)17-13)16-14(21-4)18-12(11)19(9)3/h5,7,9H,6H2,1-4H3/t9-/m1/s1. The maximum absolute atomic E-state index is 6.09. The van der Waals surface area contributed by atoms with Gasteiger partial charge in [0.15, 0.2) is 5.16 Å². The van der Waals surface area contributed by atoms with Crippen LogP contribution in [0.2, 0.25) is 5.15 Å². The number of halogens is 1. The van der Waals surface area contributed by atoms with E-state index in [-0.39, 0.29) is 6.04 Å². The summed E-state index contributed by atoms with van der Waals surface area (Å²) in [4.78, 5) is 15.7. The SMILES string of the molecule is CSc1nc2c3c(nc(Cl)cc3n1)OC[C@H](C(C)C)N2C. The third-order valence-electron chi connectivity index (χ3n) is 3.75. The topological polar surface area (TPSA) is 51.1 Å². The Bertz CT molecular complexity index is 694. The first kappa shape index (κ1) is 14.7. The highest BCUT2D eigenvalue weighted by atomic mass is 35.5. The fraction of sp³-hybridized carbons (Fsp3) is 0.500. The van der Waals surface area contributed by atoms with Gasteiger partial charge in [0.1, 0.15) is 23.0 Å². The molecule has 0 amide bonds. The molecule has 0 unspecified atom stereocenters. The van der Waals surface area contributed by atoms with Crippen molar-refractivity contribution in [3.8, 4) is 5.88 Å². The molecular weight excluding hydrogens is 308 g/mol. The highest BCUT2D eigenvalue weighted by molar-refractivity contribution is 7.98. The van der Waals surface area contributed by atoms with E-state index in [1.807, 2.05) is 13.3 Å². The summed E-state index contributed by atoms with van der Waals surface area (Å²) in [6.07, 6.45) is 1.96. The summed E-state index contributed by atoms with van der Waals surface area (Å²) in [5.41, 5.74) is 0.774. The first-order valence-corrected chi connectivity index (χ1v) is 8.39. The lowest BCUT2D eigenvalue weighted by Crippen LogP contribution is -2.40. The van der Waals surface area contributed by atoms with Gasteiger partial charge in [-0.15, -0.1) is 0 Å². The Balaban J connectivity index is 2.29. The highest BCUT2D eigenvalue weighted by Gasteiger charge is 2.29. The van der Waals surface area contributed by atoms with Crippen molar-refractivity contribution in [2.24, 2.45) is 5.92 Å². The Labute approximate surface area is 133 Å². The second-order valence-electron chi connectivity index (χ2n) is 5.41. The Morgan fingerprint density at radius 3 is 2.81 bits per heavy atom. The van der Waals surface area contributed by atoms with Gasteiger partial charge in [0.2, 0.25) is 5.88 Å². The molecule has 21 heavy (non-hydrogen) atoms. The van der Waals surface area contributed by atoms with E-state index < -0.39 is 0 Å². The summed E-state index contributed by atoms with van der Waals surface area (Å²) in [6, 6.07) is 1.99. The quantitative estimate of drug-likeness (QED) is 0.480. The summed E-state index contributed by atoms with van der Waals surface area (Å²) < 4.78 is 5.90. The molecule has 1 aliphatic rings. The lowest BCUT2D eigenvalue weighted by atomic mass is 10.0. The number of aromatic nitrogens is 3. The van der Waals surface area contributed by atoms with Gasteiger partial charge in [-0.05, 0) is 12.2 Å². The molecule has 0 saturated carbocycles. The number of ether oxygens (including phenoxy) is 1. The average Bonchev–Trinajstić information content (AvgIpc) is 2.57. The normalized spacial score (nSPS) is 18.0. The molecule has 0 spiro atoms. The summed E-state index contributed by atoms with van der Waals surface area (Å²) in [7, 11) is 2.05. The van der Waals surface area contributed by atoms with E-state index in [2.05, 4.69) is 33.7 Å². The molecule has 0 aromatic carbocycles. The Hall–Kier alpha value is -1.27. The predicted octanol–water partition coefficient (Wildman–Crippen LogP) is 3.25. The minimum atomic E-state index is 0.228. The number of pyridine rings is 1. The van der Waals surface area contributed by atoms with E-state index in [1.165, 1.54) is 11.8 Å². The molecule has 0 aliphatic carbocycles. The number of likely N-dealkylation sites (N-methyl/N-ethyl adjacent to an activating group) is 1. The molecule has 0 radical (unpaired) electrons. The van der Waals surface area contributed by atoms with Crippen molar-refractivity contribution in [2.75, 3.05) is 24.8 Å². The number of hydrogen-bond acceptors (Lipinski definition) is 6. The van der Waals surface area contributed by atoms with Crippen molar-refractivity contribution in [2.45, 2.75) is 25.0 Å². The van der Waals surface area contributed by atoms with Gasteiger partial charge in [-0.3, -0.25) is 0 Å². The number of nitrogens with zero attached hydrogens (tertiary/aromatic N) is 4. The number of rotatable bonds is 2. The molecule has 2 aromatic rings. The highest BCUT2D eigenvalue weighted by Crippen LogP contribution is 2.37. The van der Waals surface area contributed by atoms with E-state index in [9.17, 15) is 0 Å². The zero-order chi connectivity index (χ0) is 15.1. The van der Waals surface area contributed by atoms with Gasteiger partial charge in [0, 0.05) is 13.1 Å². The third kappa shape index (κ3) is 2.51. The van der Waals surface area contributed by atoms with E-state index >= 15 is 0 Å². The number of anilines is 1. The van der Waals surface area contributed by atoms with Crippen LogP contribution in [0.4, 0.5) is 5.82 Å². The second kappa shape index (κ2) is 5.50. The molecular formula is C14H17ClN4OS. The van der Waals surface area contributed by atoms with E-state index in [4.69, 9.17) is 16.3 Å². The summed E-state index contributed by atoms with van der Waals surface area (Å²) >= 11 is 7.61. The first-order valence-electron chi connectivity index (χ1n) is 6.79. The molecule has 1 aliphatic heterocycles.